The first-order valence-corrected chi connectivity index (χ1v) is 12.4. The highest BCUT2D eigenvalue weighted by Gasteiger charge is 2.64. The van der Waals surface area contributed by atoms with Crippen LogP contribution in [-0.2, 0) is 23.8 Å². The van der Waals surface area contributed by atoms with E-state index < -0.39 is 22.9 Å². The number of hydrogen-bond acceptors (Lipinski definition) is 6. The van der Waals surface area contributed by atoms with Crippen LogP contribution in [0.2, 0.25) is 0 Å². The highest BCUT2D eigenvalue weighted by Crippen LogP contribution is 2.63. The summed E-state index contributed by atoms with van der Waals surface area (Å²) in [5.41, 5.74) is 1.83. The summed E-state index contributed by atoms with van der Waals surface area (Å²) in [7, 11) is 1.53. The van der Waals surface area contributed by atoms with Gasteiger partial charge in [-0.05, 0) is 45.1 Å². The molecule has 1 saturated carbocycles. The van der Waals surface area contributed by atoms with Crippen LogP contribution in [0.1, 0.15) is 63.2 Å². The number of ether oxygens (including phenoxy) is 3. The van der Waals surface area contributed by atoms with Gasteiger partial charge >= 0.3 is 5.97 Å². The minimum Gasteiger partial charge on any atom is -0.465 e. The first kappa shape index (κ1) is 25.5. The summed E-state index contributed by atoms with van der Waals surface area (Å²) in [5, 5.41) is 0. The summed E-state index contributed by atoms with van der Waals surface area (Å²) in [4.78, 5) is 40.2. The molecule has 4 rings (SSSR count). The van der Waals surface area contributed by atoms with Gasteiger partial charge in [0.1, 0.15) is 6.79 Å². The maximum atomic E-state index is 13.8. The molecule has 0 unspecified atom stereocenters. The third-order valence-electron chi connectivity index (χ3n) is 8.80. The Morgan fingerprint density at radius 3 is 2.57 bits per heavy atom. The molecule has 188 valence electrons. The summed E-state index contributed by atoms with van der Waals surface area (Å²) in [6.07, 6.45) is 2.14. The highest BCUT2D eigenvalue weighted by atomic mass is 16.7. The first-order valence-electron chi connectivity index (χ1n) is 12.4. The van der Waals surface area contributed by atoms with Crippen LogP contribution in [0.3, 0.4) is 0 Å². The third kappa shape index (κ3) is 4.21. The van der Waals surface area contributed by atoms with Gasteiger partial charge in [-0.2, -0.15) is 0 Å². The number of hydrogen-bond donors (Lipinski definition) is 0. The van der Waals surface area contributed by atoms with Gasteiger partial charge < -0.3 is 14.2 Å². The SMILES string of the molecule is C=C(C)[C@H](OCOC)[C@@H](CC1=C2CC[C@H]3COC(=O)[C@]3(C)[C@@]2(C)CCC1=O)C(=O)c1ccccc1. The molecule has 35 heavy (non-hydrogen) atoms. The molecular weight excluding hydrogens is 444 g/mol. The molecule has 0 N–H and O–H groups in total. The molecular formula is C29H36O6. The minimum absolute atomic E-state index is 0.0131. The molecule has 0 radical (unpaired) electrons. The molecule has 2 fully saturated rings. The molecule has 6 heteroatoms. The number of carbonyl (C=O) groups is 3. The van der Waals surface area contributed by atoms with Crippen LogP contribution in [0.15, 0.2) is 53.6 Å². The smallest absolute Gasteiger partial charge is 0.313 e. The number of rotatable bonds is 9. The van der Waals surface area contributed by atoms with Crippen LogP contribution in [0, 0.1) is 22.7 Å². The molecule has 3 aliphatic rings. The predicted octanol–water partition coefficient (Wildman–Crippen LogP) is 5.08. The van der Waals surface area contributed by atoms with Crippen molar-refractivity contribution >= 4 is 17.5 Å². The molecule has 5 atom stereocenters. The molecule has 2 aliphatic carbocycles. The van der Waals surface area contributed by atoms with Gasteiger partial charge in [0.2, 0.25) is 0 Å². The Balaban J connectivity index is 1.79. The Morgan fingerprint density at radius 2 is 1.91 bits per heavy atom. The molecule has 1 heterocycles. The number of ketones is 2. The van der Waals surface area contributed by atoms with Crippen LogP contribution in [0.5, 0.6) is 0 Å². The van der Waals surface area contributed by atoms with Crippen molar-refractivity contribution in [2.24, 2.45) is 22.7 Å². The minimum atomic E-state index is -0.661. The Kier molecular flexibility index (Phi) is 7.16. The highest BCUT2D eigenvalue weighted by molar-refractivity contribution is 6.02. The summed E-state index contributed by atoms with van der Waals surface area (Å²) >= 11 is 0. The Labute approximate surface area is 207 Å². The number of fused-ring (bicyclic) bond motifs is 3. The average Bonchev–Trinajstić information content (AvgIpc) is 3.15. The molecule has 0 bridgehead atoms. The van der Waals surface area contributed by atoms with Crippen LogP contribution >= 0.6 is 0 Å². The molecule has 1 aromatic carbocycles. The summed E-state index contributed by atoms with van der Waals surface area (Å²) < 4.78 is 16.6. The number of Topliss-reactive ketones (excluding diaryl/α,β-unsaturated/α-hetero) is 2. The van der Waals surface area contributed by atoms with Gasteiger partial charge in [-0.3, -0.25) is 14.4 Å². The number of cyclic esters (lactones) is 1. The second kappa shape index (κ2) is 9.82. The lowest BCUT2D eigenvalue weighted by Gasteiger charge is -2.53. The van der Waals surface area contributed by atoms with E-state index in [0.717, 1.165) is 18.4 Å². The maximum Gasteiger partial charge on any atom is 0.313 e. The van der Waals surface area contributed by atoms with Crippen molar-refractivity contribution in [1.82, 2.24) is 0 Å². The molecule has 6 nitrogen and oxygen atoms in total. The van der Waals surface area contributed by atoms with Gasteiger partial charge in [-0.1, -0.05) is 55.0 Å². The van der Waals surface area contributed by atoms with Gasteiger partial charge in [0.25, 0.3) is 0 Å². The molecule has 0 aromatic heterocycles. The van der Waals surface area contributed by atoms with Crippen molar-refractivity contribution in [3.8, 4) is 0 Å². The van der Waals surface area contributed by atoms with Crippen molar-refractivity contribution in [2.45, 2.75) is 59.0 Å². The second-order valence-electron chi connectivity index (χ2n) is 10.6. The van der Waals surface area contributed by atoms with Gasteiger partial charge in [-0.25, -0.2) is 0 Å². The van der Waals surface area contributed by atoms with Crippen molar-refractivity contribution in [3.63, 3.8) is 0 Å². The molecule has 1 aromatic rings. The van der Waals surface area contributed by atoms with E-state index in [1.54, 1.807) is 12.1 Å². The number of esters is 1. The summed E-state index contributed by atoms with van der Waals surface area (Å²) in [6, 6.07) is 9.09. The van der Waals surface area contributed by atoms with Crippen molar-refractivity contribution in [1.29, 1.82) is 0 Å². The maximum absolute atomic E-state index is 13.8. The fraction of sp³-hybridized carbons (Fsp3) is 0.552. The van der Waals surface area contributed by atoms with Crippen LogP contribution in [-0.4, -0.2) is 44.1 Å². The normalized spacial score (nSPS) is 29.8. The van der Waals surface area contributed by atoms with Gasteiger partial charge in [-0.15, -0.1) is 0 Å². The van der Waals surface area contributed by atoms with Crippen LogP contribution in [0.25, 0.3) is 0 Å². The second-order valence-corrected chi connectivity index (χ2v) is 10.6. The number of carbonyl (C=O) groups excluding carboxylic acids is 3. The van der Waals surface area contributed by atoms with Gasteiger partial charge in [0.05, 0.1) is 24.0 Å². The lowest BCUT2D eigenvalue weighted by atomic mass is 9.48. The van der Waals surface area contributed by atoms with Crippen LogP contribution < -0.4 is 0 Å². The zero-order valence-electron chi connectivity index (χ0n) is 21.2. The van der Waals surface area contributed by atoms with E-state index in [-0.39, 0.29) is 36.7 Å². The molecule has 1 aliphatic heterocycles. The molecule has 1 saturated heterocycles. The van der Waals surface area contributed by atoms with E-state index in [1.807, 2.05) is 32.0 Å². The van der Waals surface area contributed by atoms with E-state index in [9.17, 15) is 14.4 Å². The number of benzene rings is 1. The van der Waals surface area contributed by atoms with E-state index in [0.29, 0.717) is 36.2 Å². The first-order chi connectivity index (χ1) is 16.6. The zero-order chi connectivity index (χ0) is 25.4. The van der Waals surface area contributed by atoms with E-state index in [1.165, 1.54) is 7.11 Å². The summed E-state index contributed by atoms with van der Waals surface area (Å²) in [5.74, 6) is -0.698. The predicted molar refractivity (Wildman–Crippen MR) is 132 cm³/mol. The van der Waals surface area contributed by atoms with Gasteiger partial charge in [0, 0.05) is 30.4 Å². The molecule has 0 amide bonds. The largest absolute Gasteiger partial charge is 0.465 e. The van der Waals surface area contributed by atoms with E-state index in [4.69, 9.17) is 14.2 Å². The zero-order valence-corrected chi connectivity index (χ0v) is 21.2. The van der Waals surface area contributed by atoms with Crippen molar-refractivity contribution in [3.05, 3.63) is 59.2 Å². The quantitative estimate of drug-likeness (QED) is 0.212. The lowest BCUT2D eigenvalue weighted by Crippen LogP contribution is -2.52. The fourth-order valence-corrected chi connectivity index (χ4v) is 6.55. The van der Waals surface area contributed by atoms with Gasteiger partial charge in [0.15, 0.2) is 11.6 Å². The lowest BCUT2D eigenvalue weighted by molar-refractivity contribution is -0.153. The van der Waals surface area contributed by atoms with Crippen molar-refractivity contribution < 1.29 is 28.6 Å². The average molecular weight is 481 g/mol. The Morgan fingerprint density at radius 1 is 1.20 bits per heavy atom. The number of methoxy groups -OCH3 is 1. The van der Waals surface area contributed by atoms with Crippen molar-refractivity contribution in [2.75, 3.05) is 20.5 Å². The van der Waals surface area contributed by atoms with E-state index in [2.05, 4.69) is 13.5 Å². The topological polar surface area (TPSA) is 78.9 Å². The van der Waals surface area contributed by atoms with Crippen LogP contribution in [0.4, 0.5) is 0 Å². The Bertz CT molecular complexity index is 1060. The third-order valence-corrected chi connectivity index (χ3v) is 8.80. The standard InChI is InChI=1S/C29H36O6/c1-18(2)26(35-17-33-5)22(25(31)19-9-7-6-8-10-19)15-21-23-12-11-20-16-34-27(32)29(20,4)28(23,3)14-13-24(21)30/h6-10,20,22,26H,1,11-17H2,2-5H3/t20-,22-,26-,28-,29+/m0/s1. The molecule has 0 spiro atoms. The monoisotopic (exact) mass is 480 g/mol. The fourth-order valence-electron chi connectivity index (χ4n) is 6.55. The Hall–Kier alpha value is -2.57. The number of allylic oxidation sites excluding steroid dienone is 2. The van der Waals surface area contributed by atoms with E-state index >= 15 is 0 Å². The summed E-state index contributed by atoms with van der Waals surface area (Å²) in [6.45, 7) is 10.5.